The Labute approximate surface area is 154 Å². The first-order chi connectivity index (χ1) is 11.6. The molecule has 2 aromatic rings. The number of halogens is 1. The van der Waals surface area contributed by atoms with E-state index in [0.717, 1.165) is 17.7 Å². The molecular weight excluding hydrogens is 340 g/mol. The van der Waals surface area contributed by atoms with Crippen molar-refractivity contribution in [1.82, 2.24) is 9.78 Å². The van der Waals surface area contributed by atoms with Gasteiger partial charge in [0.1, 0.15) is 11.9 Å². The second-order valence-electron chi connectivity index (χ2n) is 6.37. The van der Waals surface area contributed by atoms with Gasteiger partial charge in [-0.05, 0) is 26.7 Å². The maximum absolute atomic E-state index is 12.5. The summed E-state index contributed by atoms with van der Waals surface area (Å²) in [5, 5.41) is 7.60. The number of nitrogens with two attached hydrogens (primary N) is 1. The number of amides is 1. The third-order valence-electron chi connectivity index (χ3n) is 4.21. The Bertz CT molecular complexity index is 702. The van der Waals surface area contributed by atoms with Gasteiger partial charge in [-0.2, -0.15) is 5.10 Å². The summed E-state index contributed by atoms with van der Waals surface area (Å²) in [6, 6.07) is 12.0. The molecule has 1 aromatic carbocycles. The average molecular weight is 365 g/mol. The zero-order valence-electron chi connectivity index (χ0n) is 14.5. The highest BCUT2D eigenvalue weighted by molar-refractivity contribution is 5.94. The van der Waals surface area contributed by atoms with Gasteiger partial charge in [-0.3, -0.25) is 4.79 Å². The number of aromatic nitrogens is 2. The van der Waals surface area contributed by atoms with Crippen LogP contribution in [0.1, 0.15) is 32.7 Å². The SMILES string of the molecule is CC(C)n1nc(-c2ccccc2)cc1NC(=O)[C@@H]1CC[C@H](CN)O1.Cl. The molecule has 2 atom stereocenters. The number of ether oxygens (including phenoxy) is 1. The second-order valence-corrected chi connectivity index (χ2v) is 6.37. The first-order valence-electron chi connectivity index (χ1n) is 8.40. The van der Waals surface area contributed by atoms with Crippen molar-refractivity contribution in [3.05, 3.63) is 36.4 Å². The third kappa shape index (κ3) is 4.39. The van der Waals surface area contributed by atoms with Crippen molar-refractivity contribution in [2.45, 2.75) is 44.9 Å². The summed E-state index contributed by atoms with van der Waals surface area (Å²) in [7, 11) is 0. The number of hydrogen-bond donors (Lipinski definition) is 2. The zero-order chi connectivity index (χ0) is 17.1. The van der Waals surface area contributed by atoms with Crippen LogP contribution >= 0.6 is 12.4 Å². The molecule has 1 aromatic heterocycles. The fourth-order valence-corrected chi connectivity index (χ4v) is 2.91. The zero-order valence-corrected chi connectivity index (χ0v) is 15.3. The lowest BCUT2D eigenvalue weighted by molar-refractivity contribution is -0.126. The van der Waals surface area contributed by atoms with Crippen molar-refractivity contribution in [1.29, 1.82) is 0 Å². The molecule has 0 aliphatic carbocycles. The standard InChI is InChI=1S/C18H24N4O2.ClH/c1-12(2)22-17(10-15(21-22)13-6-4-3-5-7-13)20-18(23)16-9-8-14(11-19)24-16;/h3-7,10,12,14,16H,8-9,11,19H2,1-2H3,(H,20,23);1H/t14-,16+;/m1./s1. The number of nitrogens with zero attached hydrogens (tertiary/aromatic N) is 2. The van der Waals surface area contributed by atoms with Gasteiger partial charge in [0.2, 0.25) is 0 Å². The van der Waals surface area contributed by atoms with E-state index in [9.17, 15) is 4.79 Å². The van der Waals surface area contributed by atoms with Crippen LogP contribution in [0.4, 0.5) is 5.82 Å². The first kappa shape index (κ1) is 19.4. The van der Waals surface area contributed by atoms with Crippen LogP contribution < -0.4 is 11.1 Å². The number of carbonyl (C=O) groups is 1. The molecule has 1 amide bonds. The minimum Gasteiger partial charge on any atom is -0.364 e. The van der Waals surface area contributed by atoms with Crippen LogP contribution in [-0.2, 0) is 9.53 Å². The molecule has 0 radical (unpaired) electrons. The van der Waals surface area contributed by atoms with E-state index in [1.165, 1.54) is 0 Å². The van der Waals surface area contributed by atoms with Crippen molar-refractivity contribution in [2.75, 3.05) is 11.9 Å². The Kier molecular flexibility index (Phi) is 6.58. The molecule has 2 heterocycles. The predicted molar refractivity (Wildman–Crippen MR) is 101 cm³/mol. The maximum Gasteiger partial charge on any atom is 0.254 e. The van der Waals surface area contributed by atoms with E-state index in [2.05, 4.69) is 10.4 Å². The average Bonchev–Trinajstić information content (AvgIpc) is 3.22. The fraction of sp³-hybridized carbons (Fsp3) is 0.444. The van der Waals surface area contributed by atoms with Gasteiger partial charge in [0.15, 0.2) is 0 Å². The van der Waals surface area contributed by atoms with Gasteiger partial charge in [-0.1, -0.05) is 30.3 Å². The Hall–Kier alpha value is -1.89. The molecule has 6 nitrogen and oxygen atoms in total. The maximum atomic E-state index is 12.5. The molecule has 25 heavy (non-hydrogen) atoms. The summed E-state index contributed by atoms with van der Waals surface area (Å²) in [6.07, 6.45) is 1.08. The molecule has 3 N–H and O–H groups in total. The summed E-state index contributed by atoms with van der Waals surface area (Å²) in [6.45, 7) is 4.52. The lowest BCUT2D eigenvalue weighted by Gasteiger charge is -2.15. The molecule has 136 valence electrons. The Morgan fingerprint density at radius 1 is 1.36 bits per heavy atom. The van der Waals surface area contributed by atoms with Crippen LogP contribution in [0.15, 0.2) is 36.4 Å². The smallest absolute Gasteiger partial charge is 0.254 e. The van der Waals surface area contributed by atoms with E-state index < -0.39 is 6.10 Å². The van der Waals surface area contributed by atoms with Crippen molar-refractivity contribution >= 4 is 24.1 Å². The van der Waals surface area contributed by atoms with Crippen molar-refractivity contribution in [3.63, 3.8) is 0 Å². The van der Waals surface area contributed by atoms with Crippen LogP contribution in [0, 0.1) is 0 Å². The molecule has 0 spiro atoms. The number of rotatable bonds is 5. The van der Waals surface area contributed by atoms with E-state index in [1.807, 2.05) is 54.9 Å². The van der Waals surface area contributed by atoms with Crippen LogP contribution in [-0.4, -0.2) is 34.4 Å². The van der Waals surface area contributed by atoms with E-state index in [-0.39, 0.29) is 30.5 Å². The minimum atomic E-state index is -0.436. The summed E-state index contributed by atoms with van der Waals surface area (Å²) in [5.74, 6) is 0.556. The van der Waals surface area contributed by atoms with Crippen LogP contribution in [0.25, 0.3) is 11.3 Å². The van der Waals surface area contributed by atoms with Gasteiger partial charge in [0, 0.05) is 24.2 Å². The molecule has 1 aliphatic heterocycles. The van der Waals surface area contributed by atoms with Crippen LogP contribution in [0.3, 0.4) is 0 Å². The molecule has 3 rings (SSSR count). The van der Waals surface area contributed by atoms with Gasteiger partial charge >= 0.3 is 0 Å². The molecule has 7 heteroatoms. The molecule has 1 aliphatic rings. The molecule has 0 bridgehead atoms. The monoisotopic (exact) mass is 364 g/mol. The van der Waals surface area contributed by atoms with Crippen LogP contribution in [0.5, 0.6) is 0 Å². The number of anilines is 1. The molecule has 0 unspecified atom stereocenters. The lowest BCUT2D eigenvalue weighted by Crippen LogP contribution is -2.30. The summed E-state index contributed by atoms with van der Waals surface area (Å²) >= 11 is 0. The predicted octanol–water partition coefficient (Wildman–Crippen LogP) is 3.00. The largest absolute Gasteiger partial charge is 0.364 e. The Balaban J connectivity index is 0.00000225. The number of nitrogens with one attached hydrogen (secondary N) is 1. The van der Waals surface area contributed by atoms with E-state index in [0.29, 0.717) is 18.8 Å². The van der Waals surface area contributed by atoms with Gasteiger partial charge in [-0.15, -0.1) is 12.4 Å². The van der Waals surface area contributed by atoms with Gasteiger partial charge in [-0.25, -0.2) is 4.68 Å². The first-order valence-corrected chi connectivity index (χ1v) is 8.40. The number of benzene rings is 1. The topological polar surface area (TPSA) is 82.2 Å². The van der Waals surface area contributed by atoms with Crippen molar-refractivity contribution < 1.29 is 9.53 Å². The van der Waals surface area contributed by atoms with Crippen molar-refractivity contribution in [3.8, 4) is 11.3 Å². The normalized spacial score (nSPS) is 19.7. The van der Waals surface area contributed by atoms with Gasteiger partial charge in [0.05, 0.1) is 11.8 Å². The molecule has 1 fully saturated rings. The Morgan fingerprint density at radius 3 is 2.68 bits per heavy atom. The number of hydrogen-bond acceptors (Lipinski definition) is 4. The number of carbonyl (C=O) groups excluding carboxylic acids is 1. The summed E-state index contributed by atoms with van der Waals surface area (Å²) in [4.78, 5) is 12.5. The summed E-state index contributed by atoms with van der Waals surface area (Å²) < 4.78 is 7.50. The highest BCUT2D eigenvalue weighted by atomic mass is 35.5. The van der Waals surface area contributed by atoms with Gasteiger partial charge in [0.25, 0.3) is 5.91 Å². The molecule has 1 saturated heterocycles. The summed E-state index contributed by atoms with van der Waals surface area (Å²) in [5.41, 5.74) is 7.47. The fourth-order valence-electron chi connectivity index (χ4n) is 2.91. The second kappa shape index (κ2) is 8.47. The molecule has 0 saturated carbocycles. The molecular formula is C18H25ClN4O2. The highest BCUT2D eigenvalue weighted by Gasteiger charge is 2.30. The Morgan fingerprint density at radius 2 is 2.08 bits per heavy atom. The highest BCUT2D eigenvalue weighted by Crippen LogP contribution is 2.26. The van der Waals surface area contributed by atoms with E-state index >= 15 is 0 Å². The van der Waals surface area contributed by atoms with Crippen LogP contribution in [0.2, 0.25) is 0 Å². The van der Waals surface area contributed by atoms with Crippen molar-refractivity contribution in [2.24, 2.45) is 5.73 Å². The van der Waals surface area contributed by atoms with Gasteiger partial charge < -0.3 is 15.8 Å². The quantitative estimate of drug-likeness (QED) is 0.854. The minimum absolute atomic E-state index is 0. The lowest BCUT2D eigenvalue weighted by atomic mass is 10.1. The third-order valence-corrected chi connectivity index (χ3v) is 4.21. The van der Waals surface area contributed by atoms with E-state index in [1.54, 1.807) is 0 Å². The van der Waals surface area contributed by atoms with E-state index in [4.69, 9.17) is 10.5 Å².